The minimum atomic E-state index is -1.16. The molecule has 5 rings (SSSR count). The third kappa shape index (κ3) is 5.54. The lowest BCUT2D eigenvalue weighted by atomic mass is 9.89. The SMILES string of the molecule is CC(=O)N1CCC(c2nn(CC(=O)NCC(=O)NCC(=O)O)c3cccc(-c4ccc5ccn(C)c5c4)c23)CC1. The van der Waals surface area contributed by atoms with Gasteiger partial charge in [0, 0.05) is 50.1 Å². The van der Waals surface area contributed by atoms with Gasteiger partial charge < -0.3 is 25.2 Å². The molecule has 1 aliphatic heterocycles. The predicted molar refractivity (Wildman–Crippen MR) is 150 cm³/mol. The first-order chi connectivity index (χ1) is 19.2. The Morgan fingerprint density at radius 1 is 0.975 bits per heavy atom. The van der Waals surface area contributed by atoms with E-state index in [-0.39, 0.29) is 24.9 Å². The van der Waals surface area contributed by atoms with Crippen molar-refractivity contribution in [3.63, 3.8) is 0 Å². The van der Waals surface area contributed by atoms with Gasteiger partial charge in [0.15, 0.2) is 0 Å². The fourth-order valence-electron chi connectivity index (χ4n) is 5.41. The molecular formula is C29H32N6O5. The van der Waals surface area contributed by atoms with Gasteiger partial charge in [-0.1, -0.05) is 24.3 Å². The number of carbonyl (C=O) groups excluding carboxylic acids is 3. The lowest BCUT2D eigenvalue weighted by Crippen LogP contribution is -2.40. The van der Waals surface area contributed by atoms with Crippen LogP contribution in [0.3, 0.4) is 0 Å². The van der Waals surface area contributed by atoms with Crippen molar-refractivity contribution in [3.05, 3.63) is 54.4 Å². The second-order valence-electron chi connectivity index (χ2n) is 10.2. The summed E-state index contributed by atoms with van der Waals surface area (Å²) in [6.07, 6.45) is 3.57. The van der Waals surface area contributed by atoms with Crippen LogP contribution in [0.15, 0.2) is 48.7 Å². The molecule has 0 spiro atoms. The number of nitrogens with one attached hydrogen (secondary N) is 2. The van der Waals surface area contributed by atoms with E-state index < -0.39 is 24.3 Å². The molecule has 0 aliphatic carbocycles. The Kier molecular flexibility index (Phi) is 7.54. The number of carboxylic acids is 1. The van der Waals surface area contributed by atoms with E-state index in [1.54, 1.807) is 11.6 Å². The molecule has 11 heteroatoms. The largest absolute Gasteiger partial charge is 0.480 e. The number of nitrogens with zero attached hydrogens (tertiary/aromatic N) is 4. The van der Waals surface area contributed by atoms with Crippen molar-refractivity contribution in [1.82, 2.24) is 29.9 Å². The van der Waals surface area contributed by atoms with Crippen molar-refractivity contribution in [2.45, 2.75) is 32.2 Å². The van der Waals surface area contributed by atoms with Crippen LogP contribution in [0.1, 0.15) is 31.4 Å². The molecule has 11 nitrogen and oxygen atoms in total. The first kappa shape index (κ1) is 26.9. The summed E-state index contributed by atoms with van der Waals surface area (Å²) in [6, 6.07) is 14.4. The van der Waals surface area contributed by atoms with Crippen molar-refractivity contribution >= 4 is 45.5 Å². The highest BCUT2D eigenvalue weighted by Crippen LogP contribution is 2.38. The fourth-order valence-corrected chi connectivity index (χ4v) is 5.41. The lowest BCUT2D eigenvalue weighted by molar-refractivity contribution is -0.137. The highest BCUT2D eigenvalue weighted by atomic mass is 16.4. The van der Waals surface area contributed by atoms with Gasteiger partial charge in [0.05, 0.1) is 17.8 Å². The normalized spacial score (nSPS) is 14.0. The number of fused-ring (bicyclic) bond motifs is 2. The molecule has 208 valence electrons. The van der Waals surface area contributed by atoms with Gasteiger partial charge in [-0.15, -0.1) is 0 Å². The first-order valence-electron chi connectivity index (χ1n) is 13.3. The molecule has 3 heterocycles. The lowest BCUT2D eigenvalue weighted by Gasteiger charge is -2.30. The van der Waals surface area contributed by atoms with E-state index in [1.807, 2.05) is 30.3 Å². The average Bonchev–Trinajstić information content (AvgIpc) is 3.50. The zero-order chi connectivity index (χ0) is 28.4. The molecule has 40 heavy (non-hydrogen) atoms. The number of hydrogen-bond donors (Lipinski definition) is 3. The van der Waals surface area contributed by atoms with Gasteiger partial charge in [-0.25, -0.2) is 0 Å². The number of piperidine rings is 1. The van der Waals surface area contributed by atoms with Crippen molar-refractivity contribution in [3.8, 4) is 11.1 Å². The quantitative estimate of drug-likeness (QED) is 0.311. The third-order valence-corrected chi connectivity index (χ3v) is 7.51. The Balaban J connectivity index is 1.49. The van der Waals surface area contributed by atoms with Crippen molar-refractivity contribution in [2.24, 2.45) is 7.05 Å². The summed E-state index contributed by atoms with van der Waals surface area (Å²) in [4.78, 5) is 49.1. The molecule has 2 aromatic heterocycles. The topological polar surface area (TPSA) is 139 Å². The molecule has 0 bridgehead atoms. The molecule has 0 saturated carbocycles. The number of aliphatic carboxylic acids is 1. The summed E-state index contributed by atoms with van der Waals surface area (Å²) in [5.74, 6) is -1.98. The van der Waals surface area contributed by atoms with E-state index in [9.17, 15) is 19.2 Å². The van der Waals surface area contributed by atoms with Crippen molar-refractivity contribution in [2.75, 3.05) is 26.2 Å². The molecule has 4 aromatic rings. The zero-order valence-electron chi connectivity index (χ0n) is 22.5. The molecule has 0 unspecified atom stereocenters. The van der Waals surface area contributed by atoms with E-state index in [1.165, 1.54) is 0 Å². The number of likely N-dealkylation sites (tertiary alicyclic amines) is 1. The van der Waals surface area contributed by atoms with E-state index in [2.05, 4.69) is 45.5 Å². The Morgan fingerprint density at radius 2 is 1.73 bits per heavy atom. The maximum absolute atomic E-state index is 12.8. The maximum atomic E-state index is 12.8. The summed E-state index contributed by atoms with van der Waals surface area (Å²) >= 11 is 0. The smallest absolute Gasteiger partial charge is 0.322 e. The number of benzene rings is 2. The second kappa shape index (κ2) is 11.2. The number of aryl methyl sites for hydroxylation is 1. The van der Waals surface area contributed by atoms with Crippen LogP contribution >= 0.6 is 0 Å². The van der Waals surface area contributed by atoms with Gasteiger partial charge in [0.2, 0.25) is 17.7 Å². The van der Waals surface area contributed by atoms with Crippen LogP contribution in [0, 0.1) is 0 Å². The summed E-state index contributed by atoms with van der Waals surface area (Å²) in [6.45, 7) is 1.94. The van der Waals surface area contributed by atoms with Gasteiger partial charge in [0.1, 0.15) is 13.1 Å². The van der Waals surface area contributed by atoms with Crippen molar-refractivity contribution < 1.29 is 24.3 Å². The summed E-state index contributed by atoms with van der Waals surface area (Å²) in [5.41, 5.74) is 4.87. The summed E-state index contributed by atoms with van der Waals surface area (Å²) < 4.78 is 3.74. The van der Waals surface area contributed by atoms with E-state index in [0.717, 1.165) is 51.5 Å². The Hall–Kier alpha value is -4.67. The highest BCUT2D eigenvalue weighted by molar-refractivity contribution is 6.00. The molecule has 0 atom stereocenters. The van der Waals surface area contributed by atoms with Crippen LogP contribution in [-0.4, -0.2) is 74.2 Å². The molecule has 1 aliphatic rings. The molecule has 2 aromatic carbocycles. The first-order valence-corrected chi connectivity index (χ1v) is 13.3. The van der Waals surface area contributed by atoms with Gasteiger partial charge >= 0.3 is 5.97 Å². The minimum absolute atomic E-state index is 0.0643. The van der Waals surface area contributed by atoms with E-state index in [0.29, 0.717) is 13.1 Å². The monoisotopic (exact) mass is 544 g/mol. The van der Waals surface area contributed by atoms with Gasteiger partial charge in [-0.2, -0.15) is 5.10 Å². The van der Waals surface area contributed by atoms with Crippen LogP contribution in [0.25, 0.3) is 32.9 Å². The molecule has 0 radical (unpaired) electrons. The number of aromatic nitrogens is 3. The number of rotatable bonds is 8. The number of amides is 3. The third-order valence-electron chi connectivity index (χ3n) is 7.51. The molecule has 1 saturated heterocycles. The maximum Gasteiger partial charge on any atom is 0.322 e. The van der Waals surface area contributed by atoms with Gasteiger partial charge in [-0.05, 0) is 47.6 Å². The minimum Gasteiger partial charge on any atom is -0.480 e. The fraction of sp³-hybridized carbons (Fsp3) is 0.345. The van der Waals surface area contributed by atoms with Crippen LogP contribution in [0.4, 0.5) is 0 Å². The highest BCUT2D eigenvalue weighted by Gasteiger charge is 2.28. The summed E-state index contributed by atoms with van der Waals surface area (Å²) in [7, 11) is 2.01. The molecule has 3 N–H and O–H groups in total. The van der Waals surface area contributed by atoms with Crippen LogP contribution in [0.5, 0.6) is 0 Å². The Labute approximate surface area is 230 Å². The molecular weight excluding hydrogens is 512 g/mol. The number of hydrogen-bond acceptors (Lipinski definition) is 5. The van der Waals surface area contributed by atoms with Crippen LogP contribution < -0.4 is 10.6 Å². The van der Waals surface area contributed by atoms with Gasteiger partial charge in [0.25, 0.3) is 0 Å². The number of carboxylic acid groups (broad SMARTS) is 1. The summed E-state index contributed by atoms with van der Waals surface area (Å²) in [5, 5.41) is 20.5. The van der Waals surface area contributed by atoms with E-state index >= 15 is 0 Å². The van der Waals surface area contributed by atoms with Gasteiger partial charge in [-0.3, -0.25) is 23.9 Å². The molecule has 3 amide bonds. The van der Waals surface area contributed by atoms with Crippen LogP contribution in [0.2, 0.25) is 0 Å². The second-order valence-corrected chi connectivity index (χ2v) is 10.2. The van der Waals surface area contributed by atoms with E-state index in [4.69, 9.17) is 10.2 Å². The Morgan fingerprint density at radius 3 is 2.45 bits per heavy atom. The Bertz CT molecular complexity index is 1610. The predicted octanol–water partition coefficient (Wildman–Crippen LogP) is 2.24. The van der Waals surface area contributed by atoms with Crippen molar-refractivity contribution in [1.29, 1.82) is 0 Å². The van der Waals surface area contributed by atoms with Crippen LogP contribution in [-0.2, 0) is 32.8 Å². The zero-order valence-corrected chi connectivity index (χ0v) is 22.5. The molecule has 1 fully saturated rings. The number of carbonyl (C=O) groups is 4. The standard InChI is InChI=1S/C29H32N6O5/c1-18(36)34-12-9-20(10-13-34)29-28-22(21-7-6-19-8-11-33(2)24(19)14-21)4-3-5-23(28)35(32-29)17-26(38)30-15-25(37)31-16-27(39)40/h3-8,11,14,20H,9-10,12-13,15-17H2,1-2H3,(H,30,38)(H,31,37)(H,39,40). The average molecular weight is 545 g/mol.